The van der Waals surface area contributed by atoms with E-state index in [1.807, 2.05) is 0 Å². The van der Waals surface area contributed by atoms with Crippen molar-refractivity contribution in [3.63, 3.8) is 0 Å². The summed E-state index contributed by atoms with van der Waals surface area (Å²) in [6, 6.07) is 4.70. The molecule has 0 saturated heterocycles. The molecule has 1 aromatic carbocycles. The van der Waals surface area contributed by atoms with Gasteiger partial charge in [-0.05, 0) is 0 Å². The average molecular weight is 1640 g/mol. The number of rotatable bonds is 33. The van der Waals surface area contributed by atoms with Gasteiger partial charge in [-0.15, -0.1) is 0 Å². The van der Waals surface area contributed by atoms with Crippen molar-refractivity contribution in [3.05, 3.63) is 60.9 Å². The number of aliphatic hydroxyl groups excluding tert-OH is 9. The van der Waals surface area contributed by atoms with Crippen LogP contribution in [0.4, 0.5) is 0 Å². The Morgan fingerprint density at radius 2 is 0.517 bits per heavy atom. The minimum absolute atomic E-state index is 0. The molecule has 0 bridgehead atoms. The van der Waals surface area contributed by atoms with Gasteiger partial charge in [-0.1, -0.05) is 0 Å². The molecule has 24 heteroatoms. The summed E-state index contributed by atoms with van der Waals surface area (Å²) >= 11 is 0. The number of aliphatic hydroxyl groups is 9. The van der Waals surface area contributed by atoms with E-state index >= 15 is 0 Å². The number of ether oxygens (including phenoxy) is 12. The van der Waals surface area contributed by atoms with Gasteiger partial charge < -0.3 is 103 Å². The Morgan fingerprint density at radius 3 is 0.683 bits per heavy atom. The fourth-order valence-electron chi connectivity index (χ4n) is 3.33. The molecule has 9 N–H and O–H groups in total. The van der Waals surface area contributed by atoms with Crippen LogP contribution in [0.15, 0.2) is 18.2 Å². The second-order valence-corrected chi connectivity index (χ2v) is 11.1. The first kappa shape index (κ1) is 66.7. The van der Waals surface area contributed by atoms with Crippen molar-refractivity contribution in [1.82, 2.24) is 0 Å². The molecule has 0 aliphatic rings. The van der Waals surface area contributed by atoms with Gasteiger partial charge in [0.05, 0.1) is 77.8 Å². The molecule has 0 aliphatic carbocycles. The maximum atomic E-state index is 9.66. The van der Waals surface area contributed by atoms with E-state index in [0.29, 0.717) is 17.2 Å². The van der Waals surface area contributed by atoms with Crippen LogP contribution in [0.3, 0.4) is 0 Å². The molecule has 0 fully saturated rings. The minimum atomic E-state index is -0.858. The average Bonchev–Trinajstić information content (AvgIpc) is 3.17. The van der Waals surface area contributed by atoms with Gasteiger partial charge in [0.2, 0.25) is 0 Å². The van der Waals surface area contributed by atoms with Crippen LogP contribution in [0.2, 0.25) is 0 Å². The Morgan fingerprint density at radius 1 is 0.333 bits per heavy atom. The smallest absolute Gasteiger partial charge is 0.126 e. The molecule has 6 atom stereocenters. The van der Waals surface area contributed by atoms with Gasteiger partial charge in [-0.2, -0.15) is 0 Å². The zero-order valence-corrected chi connectivity index (χ0v) is 53.9. The normalized spacial score (nSPS) is 13.2. The van der Waals surface area contributed by atoms with Crippen molar-refractivity contribution in [2.75, 3.05) is 119 Å². The SMILES string of the molecule is [CH2-]OCC(O)COCCO.[CH2-]OCC(O)COCCO.[CH2-]OCC(O)COCCO.[CH2-]OCC(O)COc1cc(OCC(O)CO[CH2-])cc(OCC(O)CO[CH2-])c1.[Rf].[Rf].[Rf]. The van der Waals surface area contributed by atoms with E-state index in [9.17, 15) is 15.3 Å². The van der Waals surface area contributed by atoms with E-state index in [0.717, 1.165) is 0 Å². The molecule has 0 radical (unpaired) electrons. The Kier molecular flexibility index (Phi) is 55.6. The van der Waals surface area contributed by atoms with Crippen LogP contribution in [-0.2, 0) is 42.6 Å². The van der Waals surface area contributed by atoms with Gasteiger partial charge in [-0.3, -0.25) is 0 Å². The molecular weight excluding hydrogens is 1570 g/mol. The molecule has 0 aromatic heterocycles. The number of hydrogen-bond donors (Lipinski definition) is 9. The van der Waals surface area contributed by atoms with Crippen LogP contribution in [0.25, 0.3) is 0 Å². The summed E-state index contributed by atoms with van der Waals surface area (Å²) in [7, 11) is 18.8. The van der Waals surface area contributed by atoms with Crippen LogP contribution in [0.1, 0.15) is 0 Å². The fourth-order valence-corrected chi connectivity index (χ4v) is 3.33. The third kappa shape index (κ3) is 47.3. The van der Waals surface area contributed by atoms with E-state index in [1.54, 1.807) is 18.2 Å². The largest absolute Gasteiger partial charge is 0.553 e. The van der Waals surface area contributed by atoms with E-state index in [4.69, 9.17) is 59.1 Å². The predicted molar refractivity (Wildman–Crippen MR) is 201 cm³/mol. The van der Waals surface area contributed by atoms with Crippen molar-refractivity contribution < 1.29 is 103 Å². The molecule has 0 heterocycles. The minimum Gasteiger partial charge on any atom is -0.553 e. The summed E-state index contributed by atoms with van der Waals surface area (Å²) in [5, 5.41) is 80.5. The molecule has 0 aliphatic heterocycles. The molecule has 0 saturated carbocycles. The maximum Gasteiger partial charge on any atom is 0.126 e. The molecular formula is C36H66O21Rf3-6. The Balaban J connectivity index is -0.000000183. The molecule has 1 aromatic rings. The van der Waals surface area contributed by atoms with Crippen LogP contribution in [0.5, 0.6) is 17.2 Å². The second kappa shape index (κ2) is 50.0. The third-order valence-corrected chi connectivity index (χ3v) is 5.68. The fraction of sp³-hybridized carbons (Fsp3) is 0.667. The topological polar surface area (TPSA) is 293 Å². The van der Waals surface area contributed by atoms with Gasteiger partial charge in [0.1, 0.15) is 55.4 Å². The molecule has 21 nitrogen and oxygen atoms in total. The molecule has 60 heavy (non-hydrogen) atoms. The van der Waals surface area contributed by atoms with Crippen molar-refractivity contribution in [2.45, 2.75) is 36.6 Å². The van der Waals surface area contributed by atoms with E-state index in [-0.39, 0.29) is 119 Å². The Bertz CT molecular complexity index is 827. The molecule has 6 unspecified atom stereocenters. The van der Waals surface area contributed by atoms with Gasteiger partial charge in [0, 0.05) is 57.8 Å². The van der Waals surface area contributed by atoms with Crippen molar-refractivity contribution in [1.29, 1.82) is 0 Å². The monoisotopic (exact) mass is 1640 g/mol. The maximum absolute atomic E-state index is 9.66. The summed E-state index contributed by atoms with van der Waals surface area (Å²) in [6.45, 7) is 1.61. The van der Waals surface area contributed by atoms with Gasteiger partial charge in [-0.25, -0.2) is 42.7 Å². The Labute approximate surface area is 336 Å². The molecule has 348 valence electrons. The first-order valence-electron chi connectivity index (χ1n) is 17.3. The first-order chi connectivity index (χ1) is 27.4. The summed E-state index contributed by atoms with van der Waals surface area (Å²) in [6.07, 6.45) is -4.52. The van der Waals surface area contributed by atoms with Gasteiger partial charge in [0.15, 0.2) is 0 Å². The summed E-state index contributed by atoms with van der Waals surface area (Å²) in [4.78, 5) is 0. The molecule has 0 amide bonds. The van der Waals surface area contributed by atoms with E-state index < -0.39 is 36.6 Å². The quantitative estimate of drug-likeness (QED) is 0.0267. The van der Waals surface area contributed by atoms with Crippen LogP contribution >= 0.6 is 0 Å². The van der Waals surface area contributed by atoms with Crippen LogP contribution < -0.4 is 14.2 Å². The van der Waals surface area contributed by atoms with Crippen molar-refractivity contribution >= 4 is 0 Å². The third-order valence-electron chi connectivity index (χ3n) is 5.68. The first-order valence-corrected chi connectivity index (χ1v) is 17.3. The van der Waals surface area contributed by atoms with Crippen molar-refractivity contribution in [3.8, 4) is 17.2 Å². The molecule has 0 spiro atoms. The summed E-state index contributed by atoms with van der Waals surface area (Å²) in [5.74, 6) is 1.07. The summed E-state index contributed by atoms with van der Waals surface area (Å²) in [5.41, 5.74) is 0. The van der Waals surface area contributed by atoms with Gasteiger partial charge in [0.25, 0.3) is 0 Å². The van der Waals surface area contributed by atoms with E-state index in [2.05, 4.69) is 71.1 Å². The van der Waals surface area contributed by atoms with Crippen LogP contribution in [-0.4, -0.2) is 202 Å². The predicted octanol–water partition coefficient (Wildman–Crippen LogP) is -2.18. The Hall–Kier alpha value is -5.10. The molecule has 1 rings (SSSR count). The van der Waals surface area contributed by atoms with Crippen LogP contribution in [0, 0.1) is 42.7 Å². The standard InChI is InChI=1S/C18H27O9.3C6H13O4.3Rf/c1-22-7-13(19)10-25-16-4-17(26-11-14(20)8-23-2)6-18(5-16)27-12-15(21)9-24-3;3*1-9-4-6(8)5-10-3-2-7;;;/h4-6,13-15,19-21H,1-3,7-12H2;3*6-8H,1-5H2;;;/q-3;3*-1;;;. The number of hydrogen-bond acceptors (Lipinski definition) is 21. The summed E-state index contributed by atoms with van der Waals surface area (Å²) < 4.78 is 57.8. The second-order valence-electron chi connectivity index (χ2n) is 11.1. The van der Waals surface area contributed by atoms with Gasteiger partial charge >= 0.3 is 0 Å². The number of benzene rings is 1. The zero-order valence-electron chi connectivity index (χ0n) is 34.7. The van der Waals surface area contributed by atoms with Crippen molar-refractivity contribution in [2.24, 2.45) is 0 Å². The zero-order chi connectivity index (χ0) is 43.5. The van der Waals surface area contributed by atoms with E-state index in [1.165, 1.54) is 0 Å².